The number of aromatic hydroxyl groups is 1. The van der Waals surface area contributed by atoms with Crippen molar-refractivity contribution >= 4 is 17.6 Å². The van der Waals surface area contributed by atoms with E-state index in [1.165, 1.54) is 20.3 Å². The fourth-order valence-electron chi connectivity index (χ4n) is 2.66. The molecule has 0 radical (unpaired) electrons. The maximum absolute atomic E-state index is 11.8. The quantitative estimate of drug-likeness (QED) is 0.723. The van der Waals surface area contributed by atoms with E-state index in [4.69, 9.17) is 25.8 Å². The zero-order valence-electron chi connectivity index (χ0n) is 14.8. The van der Waals surface area contributed by atoms with Gasteiger partial charge in [0.1, 0.15) is 0 Å². The Labute approximate surface area is 156 Å². The number of carboxylic acid groups (broad SMARTS) is 1. The summed E-state index contributed by atoms with van der Waals surface area (Å²) < 4.78 is 15.8. The zero-order valence-corrected chi connectivity index (χ0v) is 15.5. The minimum atomic E-state index is -0.987. The molecule has 0 saturated heterocycles. The second-order valence-electron chi connectivity index (χ2n) is 5.57. The van der Waals surface area contributed by atoms with E-state index in [0.717, 1.165) is 0 Å². The van der Waals surface area contributed by atoms with E-state index in [2.05, 4.69) is 0 Å². The molecule has 2 aromatic carbocycles. The van der Waals surface area contributed by atoms with Crippen LogP contribution in [-0.2, 0) is 11.2 Å². The maximum Gasteiger partial charge on any atom is 0.311 e. The number of aliphatic carboxylic acids is 1. The van der Waals surface area contributed by atoms with Crippen molar-refractivity contribution < 1.29 is 29.2 Å². The number of rotatable bonds is 8. The van der Waals surface area contributed by atoms with Crippen LogP contribution in [0.15, 0.2) is 30.3 Å². The highest BCUT2D eigenvalue weighted by Crippen LogP contribution is 2.37. The van der Waals surface area contributed by atoms with Gasteiger partial charge in [-0.25, -0.2) is 0 Å². The number of carboxylic acids is 1. The van der Waals surface area contributed by atoms with E-state index in [9.17, 15) is 15.0 Å². The number of benzene rings is 2. The number of phenolic OH excluding ortho intramolecular Hbond substituents is 1. The first-order chi connectivity index (χ1) is 12.4. The van der Waals surface area contributed by atoms with Crippen molar-refractivity contribution in [3.05, 3.63) is 46.5 Å². The Morgan fingerprint density at radius 1 is 1.12 bits per heavy atom. The van der Waals surface area contributed by atoms with Crippen molar-refractivity contribution in [3.8, 4) is 23.0 Å². The van der Waals surface area contributed by atoms with Crippen LogP contribution in [0.2, 0.25) is 5.02 Å². The second kappa shape index (κ2) is 8.67. The Balaban J connectivity index is 2.39. The van der Waals surface area contributed by atoms with Gasteiger partial charge in [-0.15, -0.1) is 0 Å². The molecule has 140 valence electrons. The Hall–Kier alpha value is -2.60. The molecule has 1 unspecified atom stereocenters. The Morgan fingerprint density at radius 3 is 2.38 bits per heavy atom. The van der Waals surface area contributed by atoms with Gasteiger partial charge in [-0.05, 0) is 48.7 Å². The third-order valence-corrected chi connectivity index (χ3v) is 4.22. The van der Waals surface area contributed by atoms with Gasteiger partial charge in [0.15, 0.2) is 23.0 Å². The standard InChI is InChI=1S/C19H21ClO6/c1-4-26-17-9-11(8-14(20)18(17)21)7-13(19(22)23)12-5-6-15(24-2)16(10-12)25-3/h5-6,8-10,13,21H,4,7H2,1-3H3,(H,22,23). The summed E-state index contributed by atoms with van der Waals surface area (Å²) in [5.41, 5.74) is 1.20. The van der Waals surface area contributed by atoms with E-state index in [0.29, 0.717) is 29.2 Å². The monoisotopic (exact) mass is 380 g/mol. The minimum absolute atomic E-state index is 0.113. The first-order valence-corrected chi connectivity index (χ1v) is 8.37. The van der Waals surface area contributed by atoms with Crippen LogP contribution in [0.1, 0.15) is 24.0 Å². The molecular weight excluding hydrogens is 360 g/mol. The topological polar surface area (TPSA) is 85.2 Å². The van der Waals surface area contributed by atoms with E-state index in [1.54, 1.807) is 31.2 Å². The van der Waals surface area contributed by atoms with E-state index in [-0.39, 0.29) is 22.9 Å². The molecule has 1 atom stereocenters. The molecule has 7 heteroatoms. The molecule has 0 saturated carbocycles. The molecule has 0 amide bonds. The maximum atomic E-state index is 11.8. The average Bonchev–Trinajstić information content (AvgIpc) is 2.63. The van der Waals surface area contributed by atoms with Gasteiger partial charge >= 0.3 is 5.97 Å². The number of halogens is 1. The fraction of sp³-hybridized carbons (Fsp3) is 0.316. The SMILES string of the molecule is CCOc1cc(CC(C(=O)O)c2ccc(OC)c(OC)c2)cc(Cl)c1O. The highest BCUT2D eigenvalue weighted by atomic mass is 35.5. The predicted octanol–water partition coefficient (Wildman–Crippen LogP) is 3.87. The number of hydrogen-bond donors (Lipinski definition) is 2. The molecule has 0 heterocycles. The van der Waals surface area contributed by atoms with Gasteiger partial charge in [-0.2, -0.15) is 0 Å². The fourth-order valence-corrected chi connectivity index (χ4v) is 2.90. The first-order valence-electron chi connectivity index (χ1n) is 8.00. The van der Waals surface area contributed by atoms with Gasteiger partial charge in [0.2, 0.25) is 0 Å². The average molecular weight is 381 g/mol. The highest BCUT2D eigenvalue weighted by Gasteiger charge is 2.23. The molecule has 0 aromatic heterocycles. The Bertz CT molecular complexity index is 790. The molecular formula is C19H21ClO6. The summed E-state index contributed by atoms with van der Waals surface area (Å²) in [6.45, 7) is 2.13. The van der Waals surface area contributed by atoms with Crippen molar-refractivity contribution in [1.82, 2.24) is 0 Å². The third kappa shape index (κ3) is 4.32. The van der Waals surface area contributed by atoms with Crippen LogP contribution >= 0.6 is 11.6 Å². The molecule has 0 bridgehead atoms. The van der Waals surface area contributed by atoms with Crippen molar-refractivity contribution in [2.24, 2.45) is 0 Å². The highest BCUT2D eigenvalue weighted by molar-refractivity contribution is 6.32. The summed E-state index contributed by atoms with van der Waals surface area (Å²) >= 11 is 6.04. The molecule has 0 fully saturated rings. The smallest absolute Gasteiger partial charge is 0.311 e. The van der Waals surface area contributed by atoms with Crippen molar-refractivity contribution in [1.29, 1.82) is 0 Å². The molecule has 0 aliphatic heterocycles. The number of hydrogen-bond acceptors (Lipinski definition) is 5. The van der Waals surface area contributed by atoms with Gasteiger partial charge in [0, 0.05) is 0 Å². The normalized spacial score (nSPS) is 11.7. The molecule has 2 aromatic rings. The van der Waals surface area contributed by atoms with Crippen molar-refractivity contribution in [2.75, 3.05) is 20.8 Å². The van der Waals surface area contributed by atoms with E-state index in [1.807, 2.05) is 0 Å². The van der Waals surface area contributed by atoms with Crippen LogP contribution in [0.25, 0.3) is 0 Å². The van der Waals surface area contributed by atoms with Crippen molar-refractivity contribution in [3.63, 3.8) is 0 Å². The van der Waals surface area contributed by atoms with Gasteiger partial charge < -0.3 is 24.4 Å². The largest absolute Gasteiger partial charge is 0.503 e. The summed E-state index contributed by atoms with van der Waals surface area (Å²) in [6, 6.07) is 8.13. The number of phenols is 1. The Kier molecular flexibility index (Phi) is 6.58. The van der Waals surface area contributed by atoms with Crippen LogP contribution in [-0.4, -0.2) is 37.0 Å². The van der Waals surface area contributed by atoms with Gasteiger partial charge in [-0.3, -0.25) is 4.79 Å². The van der Waals surface area contributed by atoms with E-state index < -0.39 is 11.9 Å². The van der Waals surface area contributed by atoms with Gasteiger partial charge in [-0.1, -0.05) is 17.7 Å². The predicted molar refractivity (Wildman–Crippen MR) is 97.9 cm³/mol. The molecule has 2 N–H and O–H groups in total. The zero-order chi connectivity index (χ0) is 19.3. The summed E-state index contributed by atoms with van der Waals surface area (Å²) in [7, 11) is 3.01. The summed E-state index contributed by atoms with van der Waals surface area (Å²) in [5, 5.41) is 19.7. The number of carbonyl (C=O) groups is 1. The van der Waals surface area contributed by atoms with Crippen LogP contribution in [0.3, 0.4) is 0 Å². The van der Waals surface area contributed by atoms with Gasteiger partial charge in [0.05, 0.1) is 31.8 Å². The van der Waals surface area contributed by atoms with E-state index >= 15 is 0 Å². The molecule has 26 heavy (non-hydrogen) atoms. The summed E-state index contributed by atoms with van der Waals surface area (Å²) in [5.74, 6) is -0.771. The van der Waals surface area contributed by atoms with Crippen molar-refractivity contribution in [2.45, 2.75) is 19.3 Å². The molecule has 0 aliphatic rings. The Morgan fingerprint density at radius 2 is 1.81 bits per heavy atom. The van der Waals surface area contributed by atoms with Crippen LogP contribution < -0.4 is 14.2 Å². The van der Waals surface area contributed by atoms with Gasteiger partial charge in [0.25, 0.3) is 0 Å². The van der Waals surface area contributed by atoms with Crippen LogP contribution in [0.5, 0.6) is 23.0 Å². The lowest BCUT2D eigenvalue weighted by atomic mass is 9.91. The lowest BCUT2D eigenvalue weighted by Gasteiger charge is -2.17. The molecule has 6 nitrogen and oxygen atoms in total. The first kappa shape index (κ1) is 19.7. The van der Waals surface area contributed by atoms with Crippen LogP contribution in [0, 0.1) is 0 Å². The molecule has 2 rings (SSSR count). The van der Waals surface area contributed by atoms with Crippen LogP contribution in [0.4, 0.5) is 0 Å². The second-order valence-corrected chi connectivity index (χ2v) is 5.97. The lowest BCUT2D eigenvalue weighted by Crippen LogP contribution is -2.15. The third-order valence-electron chi connectivity index (χ3n) is 3.94. The number of ether oxygens (including phenoxy) is 3. The number of methoxy groups -OCH3 is 2. The minimum Gasteiger partial charge on any atom is -0.503 e. The summed E-state index contributed by atoms with van der Waals surface area (Å²) in [4.78, 5) is 11.8. The lowest BCUT2D eigenvalue weighted by molar-refractivity contribution is -0.138. The molecule has 0 spiro atoms. The molecule has 0 aliphatic carbocycles. The summed E-state index contributed by atoms with van der Waals surface area (Å²) in [6.07, 6.45) is 0.172.